The third kappa shape index (κ3) is 1.87. The molecule has 5 rings (SSSR count). The molecule has 4 aromatic carbocycles. The molecule has 0 aromatic heterocycles. The van der Waals surface area contributed by atoms with Crippen LogP contribution in [0, 0.1) is 0 Å². The maximum atomic E-state index is 13.0. The second-order valence-electron chi connectivity index (χ2n) is 6.04. The normalized spacial score (nSPS) is 11.7. The lowest BCUT2D eigenvalue weighted by Gasteiger charge is -2.10. The molecule has 0 saturated carbocycles. The van der Waals surface area contributed by atoms with Crippen LogP contribution in [0.3, 0.4) is 0 Å². The van der Waals surface area contributed by atoms with Gasteiger partial charge < -0.3 is 0 Å². The summed E-state index contributed by atoms with van der Waals surface area (Å²) < 4.78 is 13.0. The number of rotatable bonds is 2. The average molecular weight is 328 g/mol. The second-order valence-corrected chi connectivity index (χ2v) is 6.67. The van der Waals surface area contributed by atoms with Crippen molar-refractivity contribution in [3.63, 3.8) is 0 Å². The van der Waals surface area contributed by atoms with E-state index >= 15 is 0 Å². The summed E-state index contributed by atoms with van der Waals surface area (Å²) in [7, 11) is 0. The Morgan fingerprint density at radius 1 is 0.583 bits per heavy atom. The van der Waals surface area contributed by atoms with E-state index in [-0.39, 0.29) is 0 Å². The first-order valence-corrected chi connectivity index (χ1v) is 8.63. The van der Waals surface area contributed by atoms with Crippen molar-refractivity contribution in [3.05, 3.63) is 78.9 Å². The van der Waals surface area contributed by atoms with E-state index in [0.717, 1.165) is 11.1 Å². The van der Waals surface area contributed by atoms with Gasteiger partial charge in [0.05, 0.1) is 12.1 Å². The summed E-state index contributed by atoms with van der Waals surface area (Å²) in [6.07, 6.45) is 0. The Morgan fingerprint density at radius 2 is 1.25 bits per heavy atom. The minimum atomic E-state index is 0.291. The maximum absolute atomic E-state index is 13.0. The molecule has 0 spiro atoms. The van der Waals surface area contributed by atoms with Crippen LogP contribution >= 0.6 is 12.1 Å². The van der Waals surface area contributed by atoms with Crippen LogP contribution in [0.4, 0.5) is 3.89 Å². The van der Waals surface area contributed by atoms with E-state index in [0.29, 0.717) is 17.0 Å². The SMILES string of the molecule is FSc1cccc(-c2ccc3c4c(cccc24)-c2ccccc2-3)c1. The third-order valence-corrected chi connectivity index (χ3v) is 5.21. The second kappa shape index (κ2) is 5.22. The molecule has 0 atom stereocenters. The number of halogens is 1. The van der Waals surface area contributed by atoms with E-state index in [4.69, 9.17) is 0 Å². The molecule has 0 bridgehead atoms. The molecule has 4 aromatic rings. The zero-order valence-corrected chi connectivity index (χ0v) is 13.6. The molecule has 0 heterocycles. The van der Waals surface area contributed by atoms with E-state index in [1.54, 1.807) is 6.07 Å². The molecular formula is C22H13FS. The van der Waals surface area contributed by atoms with Gasteiger partial charge in [0.2, 0.25) is 0 Å². The molecular weight excluding hydrogens is 315 g/mol. The van der Waals surface area contributed by atoms with Crippen molar-refractivity contribution in [3.8, 4) is 33.4 Å². The summed E-state index contributed by atoms with van der Waals surface area (Å²) in [6, 6.07) is 27.0. The molecule has 1 aliphatic carbocycles. The molecule has 0 saturated heterocycles. The van der Waals surface area contributed by atoms with E-state index in [1.807, 2.05) is 18.2 Å². The van der Waals surface area contributed by atoms with Gasteiger partial charge in [-0.15, -0.1) is 0 Å². The van der Waals surface area contributed by atoms with Gasteiger partial charge in [-0.05, 0) is 56.3 Å². The van der Waals surface area contributed by atoms with Crippen LogP contribution in [0.5, 0.6) is 0 Å². The van der Waals surface area contributed by atoms with E-state index in [1.165, 1.54) is 33.0 Å². The van der Waals surface area contributed by atoms with Crippen LogP contribution in [0.25, 0.3) is 44.2 Å². The fourth-order valence-corrected chi connectivity index (χ4v) is 4.07. The summed E-state index contributed by atoms with van der Waals surface area (Å²) in [5.41, 5.74) is 7.37. The van der Waals surface area contributed by atoms with Crippen molar-refractivity contribution in [2.75, 3.05) is 0 Å². The van der Waals surface area contributed by atoms with Crippen LogP contribution in [-0.4, -0.2) is 0 Å². The first kappa shape index (κ1) is 13.8. The van der Waals surface area contributed by atoms with Crippen molar-refractivity contribution in [1.82, 2.24) is 0 Å². The van der Waals surface area contributed by atoms with Gasteiger partial charge in [0, 0.05) is 4.90 Å². The number of hydrogen-bond donors (Lipinski definition) is 0. The lowest BCUT2D eigenvalue weighted by Crippen LogP contribution is -1.83. The summed E-state index contributed by atoms with van der Waals surface area (Å²) in [5.74, 6) is 0. The molecule has 0 unspecified atom stereocenters. The van der Waals surface area contributed by atoms with E-state index in [9.17, 15) is 3.89 Å². The van der Waals surface area contributed by atoms with Gasteiger partial charge in [0.15, 0.2) is 0 Å². The van der Waals surface area contributed by atoms with Crippen LogP contribution in [-0.2, 0) is 0 Å². The van der Waals surface area contributed by atoms with E-state index < -0.39 is 0 Å². The summed E-state index contributed by atoms with van der Waals surface area (Å²) in [4.78, 5) is 0.638. The zero-order chi connectivity index (χ0) is 16.1. The third-order valence-electron chi connectivity index (χ3n) is 4.78. The Balaban J connectivity index is 1.85. The van der Waals surface area contributed by atoms with Crippen LogP contribution in [0.15, 0.2) is 83.8 Å². The lowest BCUT2D eigenvalue weighted by atomic mass is 9.94. The Bertz CT molecular complexity index is 1070. The Morgan fingerprint density at radius 3 is 2.04 bits per heavy atom. The van der Waals surface area contributed by atoms with Gasteiger partial charge in [-0.2, -0.15) is 3.89 Å². The molecule has 0 N–H and O–H groups in total. The van der Waals surface area contributed by atoms with Gasteiger partial charge in [-0.1, -0.05) is 66.7 Å². The smallest absolute Gasteiger partial charge is 0.0812 e. The van der Waals surface area contributed by atoms with Gasteiger partial charge in [0.1, 0.15) is 0 Å². The molecule has 0 fully saturated rings. The molecule has 24 heavy (non-hydrogen) atoms. The van der Waals surface area contributed by atoms with Crippen LogP contribution in [0.2, 0.25) is 0 Å². The Labute approximate surface area is 144 Å². The highest BCUT2D eigenvalue weighted by Crippen LogP contribution is 2.49. The van der Waals surface area contributed by atoms with Crippen LogP contribution in [0.1, 0.15) is 0 Å². The fraction of sp³-hybridized carbons (Fsp3) is 0. The van der Waals surface area contributed by atoms with Crippen molar-refractivity contribution < 1.29 is 3.89 Å². The highest BCUT2D eigenvalue weighted by Gasteiger charge is 2.21. The van der Waals surface area contributed by atoms with Crippen molar-refractivity contribution >= 4 is 22.9 Å². The van der Waals surface area contributed by atoms with Gasteiger partial charge >= 0.3 is 0 Å². The molecule has 0 aliphatic heterocycles. The predicted octanol–water partition coefficient (Wildman–Crippen LogP) is 7.13. The summed E-state index contributed by atoms with van der Waals surface area (Å²) in [5, 5.41) is 2.52. The molecule has 114 valence electrons. The van der Waals surface area contributed by atoms with E-state index in [2.05, 4.69) is 54.6 Å². The van der Waals surface area contributed by atoms with Gasteiger partial charge in [0.25, 0.3) is 0 Å². The zero-order valence-electron chi connectivity index (χ0n) is 12.8. The Hall–Kier alpha value is -2.58. The lowest BCUT2D eigenvalue weighted by molar-refractivity contribution is 0.934. The molecule has 0 amide bonds. The van der Waals surface area contributed by atoms with Gasteiger partial charge in [-0.3, -0.25) is 0 Å². The molecule has 1 aliphatic rings. The monoisotopic (exact) mass is 328 g/mol. The van der Waals surface area contributed by atoms with Gasteiger partial charge in [-0.25, -0.2) is 0 Å². The average Bonchev–Trinajstić information content (AvgIpc) is 2.98. The van der Waals surface area contributed by atoms with Crippen molar-refractivity contribution in [2.45, 2.75) is 4.90 Å². The summed E-state index contributed by atoms with van der Waals surface area (Å²) >= 11 is 0.291. The number of benzene rings is 4. The first-order chi connectivity index (χ1) is 11.9. The molecule has 2 heteroatoms. The largest absolute Gasteiger partial charge is 0.160 e. The maximum Gasteiger partial charge on any atom is 0.0812 e. The van der Waals surface area contributed by atoms with Crippen LogP contribution < -0.4 is 0 Å². The predicted molar refractivity (Wildman–Crippen MR) is 101 cm³/mol. The first-order valence-electron chi connectivity index (χ1n) is 7.91. The van der Waals surface area contributed by atoms with Crippen molar-refractivity contribution in [1.29, 1.82) is 0 Å². The topological polar surface area (TPSA) is 0 Å². The highest BCUT2D eigenvalue weighted by molar-refractivity contribution is 7.94. The highest BCUT2D eigenvalue weighted by atomic mass is 32.2. The molecule has 0 nitrogen and oxygen atoms in total. The Kier molecular flexibility index (Phi) is 3.00. The fourth-order valence-electron chi connectivity index (χ4n) is 3.77. The number of fused-ring (bicyclic) bond motifs is 3. The van der Waals surface area contributed by atoms with Crippen molar-refractivity contribution in [2.24, 2.45) is 0 Å². The molecule has 0 radical (unpaired) electrons. The standard InChI is InChI=1S/C22H13FS/c23-24-15-6-3-5-14(13-15)16-11-12-21-18-8-2-1-7-17(18)20-10-4-9-19(16)22(20)21/h1-13H. The minimum absolute atomic E-state index is 0.291. The quantitative estimate of drug-likeness (QED) is 0.332. The summed E-state index contributed by atoms with van der Waals surface area (Å²) in [6.45, 7) is 0. The minimum Gasteiger partial charge on any atom is -0.160 e. The number of hydrogen-bond acceptors (Lipinski definition) is 1.